The van der Waals surface area contributed by atoms with Crippen LogP contribution in [0.4, 0.5) is 0 Å². The zero-order valence-electron chi connectivity index (χ0n) is 13.3. The molecular weight excluding hydrogens is 304 g/mol. The van der Waals surface area contributed by atoms with Gasteiger partial charge in [-0.3, -0.25) is 0 Å². The SMILES string of the molecule is COc1ccc(-c2c3c([nH]c(=S)c2C#N)CCCCCC3)cc1. The van der Waals surface area contributed by atoms with E-state index in [2.05, 4.69) is 11.1 Å². The van der Waals surface area contributed by atoms with Crippen LogP contribution in [-0.2, 0) is 12.8 Å². The number of nitriles is 1. The number of aromatic nitrogens is 1. The summed E-state index contributed by atoms with van der Waals surface area (Å²) in [6.45, 7) is 0. The largest absolute Gasteiger partial charge is 0.497 e. The van der Waals surface area contributed by atoms with E-state index >= 15 is 0 Å². The number of aromatic amines is 1. The second-order valence-electron chi connectivity index (χ2n) is 5.92. The molecule has 0 amide bonds. The minimum absolute atomic E-state index is 0.553. The second kappa shape index (κ2) is 6.97. The third-order valence-corrected chi connectivity index (χ3v) is 4.81. The Kier molecular flexibility index (Phi) is 4.78. The zero-order chi connectivity index (χ0) is 16.2. The van der Waals surface area contributed by atoms with Crippen molar-refractivity contribution in [3.63, 3.8) is 0 Å². The maximum absolute atomic E-state index is 9.63. The third kappa shape index (κ3) is 3.16. The molecule has 3 rings (SSSR count). The van der Waals surface area contributed by atoms with Gasteiger partial charge in [0, 0.05) is 11.3 Å². The van der Waals surface area contributed by atoms with E-state index in [0.29, 0.717) is 10.2 Å². The van der Waals surface area contributed by atoms with Crippen LogP contribution >= 0.6 is 12.2 Å². The Balaban J connectivity index is 2.23. The van der Waals surface area contributed by atoms with Crippen LogP contribution in [0.1, 0.15) is 42.5 Å². The molecule has 23 heavy (non-hydrogen) atoms. The first-order valence-corrected chi connectivity index (χ1v) is 8.48. The second-order valence-corrected chi connectivity index (χ2v) is 6.32. The summed E-state index contributed by atoms with van der Waals surface area (Å²) in [5.74, 6) is 0.816. The van der Waals surface area contributed by atoms with Crippen molar-refractivity contribution in [3.05, 3.63) is 45.7 Å². The smallest absolute Gasteiger partial charge is 0.122 e. The summed E-state index contributed by atoms with van der Waals surface area (Å²) in [5, 5.41) is 9.63. The standard InChI is InChI=1S/C19H20N2OS/c1-22-14-10-8-13(9-11-14)18-15-6-4-2-3-5-7-17(15)21-19(23)16(18)12-20/h8-11H,2-7H2,1H3,(H,21,23). The molecule has 0 aliphatic heterocycles. The van der Waals surface area contributed by atoms with Crippen LogP contribution in [0, 0.1) is 16.0 Å². The Hall–Kier alpha value is -2.12. The van der Waals surface area contributed by atoms with E-state index in [4.69, 9.17) is 17.0 Å². The number of fused-ring (bicyclic) bond motifs is 1. The first-order valence-electron chi connectivity index (χ1n) is 8.07. The summed E-state index contributed by atoms with van der Waals surface area (Å²) in [6.07, 6.45) is 6.85. The van der Waals surface area contributed by atoms with Crippen molar-refractivity contribution in [2.24, 2.45) is 0 Å². The number of aryl methyl sites for hydroxylation is 1. The molecule has 0 radical (unpaired) electrons. The molecule has 0 bridgehead atoms. The van der Waals surface area contributed by atoms with Crippen molar-refractivity contribution in [2.75, 3.05) is 7.11 Å². The van der Waals surface area contributed by atoms with Crippen molar-refractivity contribution in [1.82, 2.24) is 4.98 Å². The number of rotatable bonds is 2. The number of H-pyrrole nitrogens is 1. The molecule has 0 spiro atoms. The highest BCUT2D eigenvalue weighted by atomic mass is 32.1. The first-order chi connectivity index (χ1) is 11.2. The highest BCUT2D eigenvalue weighted by Gasteiger charge is 2.18. The number of hydrogen-bond donors (Lipinski definition) is 1. The topological polar surface area (TPSA) is 48.8 Å². The minimum atomic E-state index is 0.553. The van der Waals surface area contributed by atoms with E-state index < -0.39 is 0 Å². The number of nitrogens with one attached hydrogen (secondary N) is 1. The molecule has 1 aliphatic carbocycles. The summed E-state index contributed by atoms with van der Waals surface area (Å²) in [6, 6.07) is 10.2. The highest BCUT2D eigenvalue weighted by Crippen LogP contribution is 2.33. The Morgan fingerprint density at radius 1 is 1.09 bits per heavy atom. The molecule has 1 aromatic carbocycles. The van der Waals surface area contributed by atoms with Crippen molar-refractivity contribution in [1.29, 1.82) is 5.26 Å². The van der Waals surface area contributed by atoms with Gasteiger partial charge in [-0.05, 0) is 48.9 Å². The number of pyridine rings is 1. The third-order valence-electron chi connectivity index (χ3n) is 4.50. The molecule has 1 N–H and O–H groups in total. The normalized spacial score (nSPS) is 14.3. The van der Waals surface area contributed by atoms with Gasteiger partial charge in [0.05, 0.1) is 12.7 Å². The van der Waals surface area contributed by atoms with Crippen LogP contribution < -0.4 is 4.74 Å². The summed E-state index contributed by atoms with van der Waals surface area (Å²) < 4.78 is 5.80. The van der Waals surface area contributed by atoms with E-state index in [9.17, 15) is 5.26 Å². The fourth-order valence-corrected chi connectivity index (χ4v) is 3.59. The Labute approximate surface area is 141 Å². The van der Waals surface area contributed by atoms with Gasteiger partial charge in [-0.15, -0.1) is 0 Å². The molecule has 0 saturated carbocycles. The molecule has 1 aromatic heterocycles. The molecule has 1 aliphatic rings. The van der Waals surface area contributed by atoms with Crippen LogP contribution in [0.5, 0.6) is 5.75 Å². The van der Waals surface area contributed by atoms with Gasteiger partial charge in [-0.1, -0.05) is 37.2 Å². The molecule has 4 heteroatoms. The summed E-state index contributed by atoms with van der Waals surface area (Å²) in [4.78, 5) is 3.32. The van der Waals surface area contributed by atoms with Crippen LogP contribution in [0.2, 0.25) is 0 Å². The van der Waals surface area contributed by atoms with Crippen LogP contribution in [0.3, 0.4) is 0 Å². The lowest BCUT2D eigenvalue weighted by atomic mass is 9.88. The predicted molar refractivity (Wildman–Crippen MR) is 94.2 cm³/mol. The van der Waals surface area contributed by atoms with Crippen LogP contribution in [0.15, 0.2) is 24.3 Å². The van der Waals surface area contributed by atoms with Gasteiger partial charge in [-0.25, -0.2) is 0 Å². The Morgan fingerprint density at radius 2 is 1.78 bits per heavy atom. The van der Waals surface area contributed by atoms with Crippen LogP contribution in [-0.4, -0.2) is 12.1 Å². The highest BCUT2D eigenvalue weighted by molar-refractivity contribution is 7.71. The molecule has 0 atom stereocenters. The average Bonchev–Trinajstić information content (AvgIpc) is 2.56. The quantitative estimate of drug-likeness (QED) is 0.795. The Bertz CT molecular complexity index is 800. The maximum atomic E-state index is 9.63. The number of hydrogen-bond acceptors (Lipinski definition) is 3. The molecule has 1 heterocycles. The van der Waals surface area contributed by atoms with Crippen molar-refractivity contribution in [3.8, 4) is 22.9 Å². The first kappa shape index (κ1) is 15.8. The van der Waals surface area contributed by atoms with Gasteiger partial charge in [0.25, 0.3) is 0 Å². The van der Waals surface area contributed by atoms with E-state index in [1.165, 1.54) is 30.5 Å². The number of ether oxygens (including phenoxy) is 1. The summed E-state index contributed by atoms with van der Waals surface area (Å²) >= 11 is 5.45. The van der Waals surface area contributed by atoms with Gasteiger partial charge in [0.15, 0.2) is 0 Å². The fraction of sp³-hybridized carbons (Fsp3) is 0.368. The summed E-state index contributed by atoms with van der Waals surface area (Å²) in [5.41, 5.74) is 5.11. The molecule has 0 unspecified atom stereocenters. The number of methoxy groups -OCH3 is 1. The van der Waals surface area contributed by atoms with Crippen LogP contribution in [0.25, 0.3) is 11.1 Å². The van der Waals surface area contributed by atoms with E-state index in [-0.39, 0.29) is 0 Å². The molecule has 0 saturated heterocycles. The fourth-order valence-electron chi connectivity index (χ4n) is 3.32. The molecule has 2 aromatic rings. The maximum Gasteiger partial charge on any atom is 0.122 e. The van der Waals surface area contributed by atoms with Gasteiger partial charge in [-0.2, -0.15) is 5.26 Å². The van der Waals surface area contributed by atoms with Crippen molar-refractivity contribution < 1.29 is 4.74 Å². The van der Waals surface area contributed by atoms with E-state index in [0.717, 1.165) is 36.1 Å². The van der Waals surface area contributed by atoms with Gasteiger partial charge in [0.1, 0.15) is 16.5 Å². The Morgan fingerprint density at radius 3 is 2.43 bits per heavy atom. The monoisotopic (exact) mass is 324 g/mol. The van der Waals surface area contributed by atoms with E-state index in [1.807, 2.05) is 24.3 Å². The minimum Gasteiger partial charge on any atom is -0.497 e. The van der Waals surface area contributed by atoms with E-state index in [1.54, 1.807) is 7.11 Å². The number of benzene rings is 1. The predicted octanol–water partition coefficient (Wildman–Crippen LogP) is 4.95. The molecule has 118 valence electrons. The summed E-state index contributed by atoms with van der Waals surface area (Å²) in [7, 11) is 1.66. The van der Waals surface area contributed by atoms with Crippen molar-refractivity contribution in [2.45, 2.75) is 38.5 Å². The van der Waals surface area contributed by atoms with Gasteiger partial charge < -0.3 is 9.72 Å². The molecule has 3 nitrogen and oxygen atoms in total. The van der Waals surface area contributed by atoms with Gasteiger partial charge >= 0.3 is 0 Å². The lowest BCUT2D eigenvalue weighted by Crippen LogP contribution is -2.07. The zero-order valence-corrected chi connectivity index (χ0v) is 14.1. The molecule has 0 fully saturated rings. The number of nitrogens with zero attached hydrogens (tertiary/aromatic N) is 1. The average molecular weight is 324 g/mol. The molecular formula is C19H20N2OS. The lowest BCUT2D eigenvalue weighted by Gasteiger charge is -2.19. The lowest BCUT2D eigenvalue weighted by molar-refractivity contribution is 0.415. The van der Waals surface area contributed by atoms with Crippen molar-refractivity contribution >= 4 is 12.2 Å². The van der Waals surface area contributed by atoms with Gasteiger partial charge in [0.2, 0.25) is 0 Å².